The van der Waals surface area contributed by atoms with Crippen LogP contribution in [-0.2, 0) is 0 Å². The van der Waals surface area contributed by atoms with Crippen LogP contribution < -0.4 is 37.6 Å². The lowest BCUT2D eigenvalue weighted by molar-refractivity contribution is 0.100. The van der Waals surface area contributed by atoms with Crippen molar-refractivity contribution in [3.63, 3.8) is 0 Å². The molecule has 0 aliphatic carbocycles. The standard InChI is InChI=1S/C23H19ClFN5O2.C22H18ClF2N5O2.C20H14ClF2N5O2/c1-30-11-10-26-21(30)14-2-4-15(5-3-14)22(31)28-19-8-7-17(25)12-18(19)23(32)29-20-9-6-16(24)13-27-20;1-30(2)20(26)12-3-6-15(17(25)9-12)21(31)28-18-7-5-14(24)10-16(18)22(32)29-19-8-4-13(23)11-27-19;21-11-2-6-17(26-9-11)28-20(30)14-8-12(22)3-5-16(14)27-19(29)13-4-1-10(18(24)25)7-15(13)23/h2-9,12-13H,10-11H2,1H3,(H,28,31)(H,27,29,32);3-11,26H,1-2H3,(H,28,31)(H,27,29,32);1-9H,(H3,24,25)(H,27,29)(H,26,28,30). The van der Waals surface area contributed by atoms with Gasteiger partial charge in [0.25, 0.3) is 35.4 Å². The number of hydrogen-bond acceptors (Lipinski definition) is 13. The number of pyridine rings is 3. The summed E-state index contributed by atoms with van der Waals surface area (Å²) >= 11 is 17.3. The van der Waals surface area contributed by atoms with Crippen LogP contribution in [0.4, 0.5) is 56.5 Å². The van der Waals surface area contributed by atoms with Gasteiger partial charge in [0.05, 0.1) is 66.5 Å². The monoisotopic (exact) mass is 1340 g/mol. The maximum atomic E-state index is 14.5. The highest BCUT2D eigenvalue weighted by molar-refractivity contribution is 6.31. The molecule has 6 aromatic carbocycles. The lowest BCUT2D eigenvalue weighted by Crippen LogP contribution is -2.23. The molecule has 0 spiro atoms. The van der Waals surface area contributed by atoms with Crippen LogP contribution in [0.15, 0.2) is 175 Å². The van der Waals surface area contributed by atoms with E-state index in [2.05, 4.69) is 51.8 Å². The van der Waals surface area contributed by atoms with Gasteiger partial charge in [0.2, 0.25) is 0 Å². The highest BCUT2D eigenvalue weighted by Crippen LogP contribution is 2.26. The van der Waals surface area contributed by atoms with Crippen molar-refractivity contribution in [2.24, 2.45) is 10.7 Å². The summed E-state index contributed by atoms with van der Waals surface area (Å²) in [5, 5.41) is 31.4. The Morgan fingerprint density at radius 3 is 1.16 bits per heavy atom. The third-order valence-corrected chi connectivity index (χ3v) is 13.9. The third kappa shape index (κ3) is 18.1. The lowest BCUT2D eigenvalue weighted by atomic mass is 10.1. The first-order valence-corrected chi connectivity index (χ1v) is 28.6. The van der Waals surface area contributed by atoms with E-state index in [-0.39, 0.29) is 79.6 Å². The van der Waals surface area contributed by atoms with E-state index < -0.39 is 64.5 Å². The molecule has 0 fully saturated rings. The molecular weight excluding hydrogens is 1290 g/mol. The number of carbonyl (C=O) groups is 6. The highest BCUT2D eigenvalue weighted by Gasteiger charge is 2.23. The average molecular weight is 1340 g/mol. The Bertz CT molecular complexity index is 4440. The molecule has 0 saturated carbocycles. The van der Waals surface area contributed by atoms with Gasteiger partial charge in [0.1, 0.15) is 64.0 Å². The Kier molecular flexibility index (Phi) is 22.6. The first-order chi connectivity index (χ1) is 44.8. The fourth-order valence-electron chi connectivity index (χ4n) is 8.50. The summed E-state index contributed by atoms with van der Waals surface area (Å²) in [6.07, 6.45) is 4.02. The van der Waals surface area contributed by atoms with Crippen molar-refractivity contribution in [1.82, 2.24) is 24.8 Å². The van der Waals surface area contributed by atoms with Gasteiger partial charge in [-0.25, -0.2) is 36.9 Å². The van der Waals surface area contributed by atoms with Crippen molar-refractivity contribution in [2.75, 3.05) is 66.1 Å². The first-order valence-electron chi connectivity index (χ1n) is 27.5. The van der Waals surface area contributed by atoms with Gasteiger partial charge in [-0.3, -0.25) is 44.6 Å². The van der Waals surface area contributed by atoms with E-state index in [4.69, 9.17) is 51.4 Å². The van der Waals surface area contributed by atoms with E-state index in [1.807, 2.05) is 24.1 Å². The number of benzene rings is 6. The minimum Gasteiger partial charge on any atom is -0.384 e. The summed E-state index contributed by atoms with van der Waals surface area (Å²) in [6.45, 7) is 1.60. The van der Waals surface area contributed by atoms with Crippen molar-refractivity contribution in [1.29, 1.82) is 10.8 Å². The summed E-state index contributed by atoms with van der Waals surface area (Å²) in [4.78, 5) is 95.6. The summed E-state index contributed by atoms with van der Waals surface area (Å²) in [7, 11) is 5.25. The number of rotatable bonds is 15. The van der Waals surface area contributed by atoms with Crippen LogP contribution in [0.1, 0.15) is 78.8 Å². The van der Waals surface area contributed by atoms with Gasteiger partial charge in [0.15, 0.2) is 0 Å². The van der Waals surface area contributed by atoms with E-state index in [1.165, 1.54) is 96.3 Å². The second-order valence-electron chi connectivity index (χ2n) is 20.1. The zero-order valence-corrected chi connectivity index (χ0v) is 51.6. The van der Waals surface area contributed by atoms with E-state index in [9.17, 15) is 50.7 Å². The number of carbonyl (C=O) groups excluding carboxylic acids is 6. The molecule has 3 aromatic heterocycles. The Labute approximate surface area is 547 Å². The Hall–Kier alpha value is -11.5. The van der Waals surface area contributed by atoms with E-state index >= 15 is 0 Å². The number of aliphatic imine (C=N–C) groups is 1. The Balaban J connectivity index is 0.000000181. The van der Waals surface area contributed by atoms with Crippen molar-refractivity contribution in [3.05, 3.63) is 264 Å². The number of amides is 6. The zero-order valence-electron chi connectivity index (χ0n) is 49.3. The fraction of sp³-hybridized carbons (Fsp3) is 0.0769. The number of amidine groups is 3. The van der Waals surface area contributed by atoms with Gasteiger partial charge in [-0.2, -0.15) is 0 Å². The molecular formula is C65H51Cl3F5N15O6. The zero-order chi connectivity index (χ0) is 67.9. The molecule has 1 aliphatic heterocycles. The molecule has 0 atom stereocenters. The molecule has 29 heteroatoms. The minimum absolute atomic E-state index is 0.0209. The molecule has 10 N–H and O–H groups in total. The molecule has 0 radical (unpaired) electrons. The Morgan fingerprint density at radius 1 is 0.457 bits per heavy atom. The SMILES string of the molecule is CN(C)C(=N)c1ccc(C(=O)Nc2ccc(F)cc2C(=O)Nc2ccc(Cl)cn2)c(F)c1.CN1CCN=C1c1ccc(C(=O)Nc2ccc(F)cc2C(=O)Nc2ccc(Cl)cn2)cc1.N=C(N)c1ccc(C(=O)Nc2ccc(F)cc2C(=O)Nc2ccc(Cl)cn2)c(F)c1. The van der Waals surface area contributed by atoms with Crippen LogP contribution in [0.25, 0.3) is 0 Å². The first kappa shape index (κ1) is 68.4. The van der Waals surface area contributed by atoms with Crippen LogP contribution in [-0.4, -0.2) is 112 Å². The lowest BCUT2D eigenvalue weighted by Gasteiger charge is -2.15. The minimum atomic E-state index is -0.904. The molecule has 478 valence electrons. The van der Waals surface area contributed by atoms with Gasteiger partial charge < -0.3 is 47.4 Å². The molecule has 0 saturated heterocycles. The number of nitrogens with two attached hydrogens (primary N) is 1. The number of likely N-dealkylation sites (N-methyl/N-ethyl adjacent to an activating group) is 1. The molecule has 1 aliphatic rings. The smallest absolute Gasteiger partial charge is 0.259 e. The summed E-state index contributed by atoms with van der Waals surface area (Å²) < 4.78 is 70.1. The third-order valence-electron chi connectivity index (χ3n) is 13.3. The van der Waals surface area contributed by atoms with Crippen molar-refractivity contribution < 1.29 is 50.7 Å². The maximum Gasteiger partial charge on any atom is 0.259 e. The summed E-state index contributed by atoms with van der Waals surface area (Å²) in [5.74, 6) is -6.81. The number of hydrogen-bond donors (Lipinski definition) is 9. The average Bonchev–Trinajstić information content (AvgIpc) is 0.884. The second kappa shape index (κ2) is 31.0. The number of nitrogens with one attached hydrogen (secondary N) is 8. The molecule has 9 aromatic rings. The topological polar surface area (TPSA) is 306 Å². The predicted octanol–water partition coefficient (Wildman–Crippen LogP) is 12.3. The van der Waals surface area contributed by atoms with Crippen molar-refractivity contribution in [2.45, 2.75) is 0 Å². The van der Waals surface area contributed by atoms with Crippen LogP contribution in [0.3, 0.4) is 0 Å². The number of nitrogens with zero attached hydrogens (tertiary/aromatic N) is 6. The number of nitrogen functional groups attached to an aromatic ring is 1. The van der Waals surface area contributed by atoms with E-state index in [0.717, 1.165) is 73.0 Å². The van der Waals surface area contributed by atoms with Gasteiger partial charge >= 0.3 is 0 Å². The summed E-state index contributed by atoms with van der Waals surface area (Å²) in [5.41, 5.74) is 6.08. The van der Waals surface area contributed by atoms with Crippen molar-refractivity contribution in [3.8, 4) is 0 Å². The molecule has 0 bridgehead atoms. The van der Waals surface area contributed by atoms with Crippen molar-refractivity contribution >= 4 is 122 Å². The molecule has 6 amide bonds. The number of halogens is 8. The van der Waals surface area contributed by atoms with Gasteiger partial charge in [-0.1, -0.05) is 59.1 Å². The predicted molar refractivity (Wildman–Crippen MR) is 349 cm³/mol. The Morgan fingerprint density at radius 2 is 0.819 bits per heavy atom. The molecule has 0 unspecified atom stereocenters. The van der Waals surface area contributed by atoms with E-state index in [0.29, 0.717) is 26.2 Å². The van der Waals surface area contributed by atoms with Crippen LogP contribution in [0.2, 0.25) is 15.1 Å². The number of aromatic nitrogens is 3. The maximum absolute atomic E-state index is 14.5. The highest BCUT2D eigenvalue weighted by atomic mass is 35.5. The quantitative estimate of drug-likeness (QED) is 0.0263. The molecule has 10 rings (SSSR count). The van der Waals surface area contributed by atoms with Crippen LogP contribution >= 0.6 is 34.8 Å². The van der Waals surface area contributed by atoms with Gasteiger partial charge in [-0.15, -0.1) is 0 Å². The fourth-order valence-corrected chi connectivity index (χ4v) is 8.84. The van der Waals surface area contributed by atoms with Crippen LogP contribution in [0.5, 0.6) is 0 Å². The van der Waals surface area contributed by atoms with Gasteiger partial charge in [0, 0.05) is 68.5 Å². The summed E-state index contributed by atoms with van der Waals surface area (Å²) in [6, 6.07) is 33.1. The largest absolute Gasteiger partial charge is 0.384 e. The van der Waals surface area contributed by atoms with Gasteiger partial charge in [-0.05, 0) is 127 Å². The molecule has 21 nitrogen and oxygen atoms in total. The number of anilines is 6. The molecule has 94 heavy (non-hydrogen) atoms. The van der Waals surface area contributed by atoms with E-state index in [1.54, 1.807) is 32.3 Å². The normalized spacial score (nSPS) is 11.3. The second-order valence-corrected chi connectivity index (χ2v) is 21.4. The van der Waals surface area contributed by atoms with Crippen LogP contribution in [0, 0.1) is 39.9 Å². The molecule has 4 heterocycles.